The third-order valence-corrected chi connectivity index (χ3v) is 3.20. The minimum absolute atomic E-state index is 0.0696. The van der Waals surface area contributed by atoms with Crippen LogP contribution in [0.2, 0.25) is 0 Å². The lowest BCUT2D eigenvalue weighted by molar-refractivity contribution is -0.151. The summed E-state index contributed by atoms with van der Waals surface area (Å²) in [6.07, 6.45) is 0.788. The molecule has 0 aromatic heterocycles. The third-order valence-electron chi connectivity index (χ3n) is 3.20. The summed E-state index contributed by atoms with van der Waals surface area (Å²) in [7, 11) is 0. The van der Waals surface area contributed by atoms with Crippen molar-refractivity contribution in [2.75, 3.05) is 11.9 Å². The van der Waals surface area contributed by atoms with Gasteiger partial charge in [-0.3, -0.25) is 9.59 Å². The Balaban J connectivity index is 2.14. The van der Waals surface area contributed by atoms with Gasteiger partial charge in [0.25, 0.3) is 11.7 Å². The number of hydrogen-bond donors (Lipinski definition) is 2. The fraction of sp³-hybridized carbons (Fsp3) is 0.105. The highest BCUT2D eigenvalue weighted by Crippen LogP contribution is 2.18. The summed E-state index contributed by atoms with van der Waals surface area (Å²) in [5.41, 5.74) is 1.21. The van der Waals surface area contributed by atoms with Crippen molar-refractivity contribution in [2.24, 2.45) is 0 Å². The lowest BCUT2D eigenvalue weighted by Crippen LogP contribution is -2.15. The van der Waals surface area contributed by atoms with Crippen LogP contribution >= 0.6 is 0 Å². The fourth-order valence-electron chi connectivity index (χ4n) is 2.02. The van der Waals surface area contributed by atoms with Gasteiger partial charge in [-0.1, -0.05) is 30.3 Å². The predicted octanol–water partition coefficient (Wildman–Crippen LogP) is 2.97. The first-order valence-electron chi connectivity index (χ1n) is 7.60. The van der Waals surface area contributed by atoms with Crippen LogP contribution in [0.15, 0.2) is 60.7 Å². The van der Waals surface area contributed by atoms with Gasteiger partial charge in [0.1, 0.15) is 5.76 Å². The summed E-state index contributed by atoms with van der Waals surface area (Å²) in [5, 5.41) is 12.7. The number of carbonyl (C=O) groups excluding carboxylic acids is 3. The molecule has 0 radical (unpaired) electrons. The summed E-state index contributed by atoms with van der Waals surface area (Å²) < 4.78 is 4.56. The summed E-state index contributed by atoms with van der Waals surface area (Å²) in [6, 6.07) is 14.9. The summed E-state index contributed by atoms with van der Waals surface area (Å²) in [5.74, 6) is -2.70. The molecule has 0 unspecified atom stereocenters. The van der Waals surface area contributed by atoms with E-state index in [1.165, 1.54) is 6.07 Å². The van der Waals surface area contributed by atoms with Crippen LogP contribution in [0, 0.1) is 0 Å². The van der Waals surface area contributed by atoms with Crippen molar-refractivity contribution in [3.05, 3.63) is 71.8 Å². The maximum atomic E-state index is 12.1. The number of anilines is 1. The van der Waals surface area contributed by atoms with Crippen molar-refractivity contribution in [1.29, 1.82) is 0 Å². The molecule has 0 aliphatic carbocycles. The van der Waals surface area contributed by atoms with Crippen molar-refractivity contribution in [1.82, 2.24) is 0 Å². The van der Waals surface area contributed by atoms with Crippen LogP contribution in [-0.2, 0) is 14.3 Å². The van der Waals surface area contributed by atoms with Crippen LogP contribution < -0.4 is 5.32 Å². The molecule has 2 N–H and O–H groups in total. The van der Waals surface area contributed by atoms with Gasteiger partial charge in [0.15, 0.2) is 0 Å². The van der Waals surface area contributed by atoms with E-state index in [0.29, 0.717) is 11.3 Å². The Kier molecular flexibility index (Phi) is 6.06. The average Bonchev–Trinajstić information content (AvgIpc) is 2.62. The van der Waals surface area contributed by atoms with Gasteiger partial charge < -0.3 is 15.2 Å². The van der Waals surface area contributed by atoms with Gasteiger partial charge in [0.05, 0.1) is 6.61 Å². The fourth-order valence-corrected chi connectivity index (χ4v) is 2.02. The molecular weight excluding hydrogens is 322 g/mol. The summed E-state index contributed by atoms with van der Waals surface area (Å²) in [6.45, 7) is 1.65. The van der Waals surface area contributed by atoms with E-state index in [4.69, 9.17) is 0 Å². The first-order valence-corrected chi connectivity index (χ1v) is 7.60. The molecule has 2 rings (SSSR count). The molecule has 6 nitrogen and oxygen atoms in total. The third kappa shape index (κ3) is 5.04. The molecule has 2 aromatic rings. The highest BCUT2D eigenvalue weighted by atomic mass is 16.5. The van der Waals surface area contributed by atoms with E-state index in [2.05, 4.69) is 10.1 Å². The molecule has 1 amide bonds. The molecule has 0 atom stereocenters. The molecule has 0 fully saturated rings. The molecule has 0 aliphatic heterocycles. The second kappa shape index (κ2) is 8.44. The van der Waals surface area contributed by atoms with Crippen molar-refractivity contribution in [3.63, 3.8) is 0 Å². The number of aliphatic hydroxyl groups excluding tert-OH is 1. The highest BCUT2D eigenvalue weighted by Gasteiger charge is 2.14. The van der Waals surface area contributed by atoms with Crippen molar-refractivity contribution < 1.29 is 24.2 Å². The topological polar surface area (TPSA) is 92.7 Å². The summed E-state index contributed by atoms with van der Waals surface area (Å²) in [4.78, 5) is 35.0. The van der Waals surface area contributed by atoms with Crippen molar-refractivity contribution in [3.8, 4) is 0 Å². The quantitative estimate of drug-likeness (QED) is 0.365. The molecule has 2 aromatic carbocycles. The number of amides is 1. The van der Waals surface area contributed by atoms with Crippen LogP contribution in [0.4, 0.5) is 5.69 Å². The molecule has 0 aliphatic rings. The SMILES string of the molecule is CCOC(=O)C(=O)/C=C(\O)c1cccc(NC(=O)c2ccccc2)c1. The number of carbonyl (C=O) groups is 3. The normalized spacial score (nSPS) is 10.8. The van der Waals surface area contributed by atoms with E-state index in [0.717, 1.165) is 6.08 Å². The van der Waals surface area contributed by atoms with Crippen LogP contribution in [0.3, 0.4) is 0 Å². The number of ketones is 1. The predicted molar refractivity (Wildman–Crippen MR) is 93.1 cm³/mol. The van der Waals surface area contributed by atoms with E-state index >= 15 is 0 Å². The van der Waals surface area contributed by atoms with Gasteiger partial charge in [0, 0.05) is 22.9 Å². The molecule has 128 valence electrons. The Morgan fingerprint density at radius 2 is 1.72 bits per heavy atom. The van der Waals surface area contributed by atoms with E-state index in [-0.39, 0.29) is 18.1 Å². The van der Waals surface area contributed by atoms with E-state index in [9.17, 15) is 19.5 Å². The van der Waals surface area contributed by atoms with Crippen molar-refractivity contribution >= 4 is 29.1 Å². The lowest BCUT2D eigenvalue weighted by Gasteiger charge is -2.07. The first kappa shape index (κ1) is 17.9. The molecule has 0 saturated carbocycles. The minimum atomic E-state index is -1.04. The number of benzene rings is 2. The number of rotatable bonds is 6. The Hall–Kier alpha value is -3.41. The maximum absolute atomic E-state index is 12.1. The zero-order valence-electron chi connectivity index (χ0n) is 13.6. The van der Waals surface area contributed by atoms with Gasteiger partial charge >= 0.3 is 5.97 Å². The second-order valence-corrected chi connectivity index (χ2v) is 5.02. The smallest absolute Gasteiger partial charge is 0.379 e. The van der Waals surface area contributed by atoms with Gasteiger partial charge in [-0.05, 0) is 31.2 Å². The number of ether oxygens (including phenoxy) is 1. The number of hydrogen-bond acceptors (Lipinski definition) is 5. The Morgan fingerprint density at radius 1 is 1.04 bits per heavy atom. The second-order valence-electron chi connectivity index (χ2n) is 5.02. The molecule has 0 heterocycles. The van der Waals surface area contributed by atoms with Crippen LogP contribution in [0.1, 0.15) is 22.8 Å². The Bertz CT molecular complexity index is 812. The van der Waals surface area contributed by atoms with E-state index < -0.39 is 17.5 Å². The first-order chi connectivity index (χ1) is 12.0. The zero-order valence-corrected chi connectivity index (χ0v) is 13.6. The Labute approximate surface area is 144 Å². The monoisotopic (exact) mass is 339 g/mol. The van der Waals surface area contributed by atoms with Gasteiger partial charge in [-0.2, -0.15) is 0 Å². The number of esters is 1. The maximum Gasteiger partial charge on any atom is 0.379 e. The van der Waals surface area contributed by atoms with E-state index in [1.54, 1.807) is 55.5 Å². The highest BCUT2D eigenvalue weighted by molar-refractivity contribution is 6.39. The summed E-state index contributed by atoms with van der Waals surface area (Å²) >= 11 is 0. The van der Waals surface area contributed by atoms with Crippen LogP contribution in [0.25, 0.3) is 5.76 Å². The van der Waals surface area contributed by atoms with Gasteiger partial charge in [-0.25, -0.2) is 4.79 Å². The number of nitrogens with one attached hydrogen (secondary N) is 1. The van der Waals surface area contributed by atoms with Crippen molar-refractivity contribution in [2.45, 2.75) is 6.92 Å². The number of aliphatic hydroxyl groups is 1. The lowest BCUT2D eigenvalue weighted by atomic mass is 10.1. The van der Waals surface area contributed by atoms with Gasteiger partial charge in [0.2, 0.25) is 0 Å². The van der Waals surface area contributed by atoms with E-state index in [1.807, 2.05) is 0 Å². The van der Waals surface area contributed by atoms with Crippen LogP contribution in [-0.4, -0.2) is 29.4 Å². The standard InChI is InChI=1S/C19H17NO5/c1-2-25-19(24)17(22)12-16(21)14-9-6-10-15(11-14)20-18(23)13-7-4-3-5-8-13/h3-12,21H,2H2,1H3,(H,20,23)/b16-12-. The molecule has 6 heteroatoms. The van der Waals surface area contributed by atoms with Crippen LogP contribution in [0.5, 0.6) is 0 Å². The molecule has 25 heavy (non-hydrogen) atoms. The molecule has 0 spiro atoms. The van der Waals surface area contributed by atoms with Gasteiger partial charge in [-0.15, -0.1) is 0 Å². The molecule has 0 bridgehead atoms. The zero-order chi connectivity index (χ0) is 18.2. The largest absolute Gasteiger partial charge is 0.507 e. The molecule has 0 saturated heterocycles. The average molecular weight is 339 g/mol. The molecular formula is C19H17NO5. The Morgan fingerprint density at radius 3 is 2.40 bits per heavy atom. The minimum Gasteiger partial charge on any atom is -0.507 e.